The average molecular weight is 346 g/mol. The van der Waals surface area contributed by atoms with Crippen molar-refractivity contribution < 1.29 is 4.39 Å². The zero-order chi connectivity index (χ0) is 17.6. The van der Waals surface area contributed by atoms with Gasteiger partial charge in [-0.2, -0.15) is 0 Å². The Labute approximate surface area is 150 Å². The molecule has 1 atom stereocenters. The first-order chi connectivity index (χ1) is 12.2. The van der Waals surface area contributed by atoms with Crippen molar-refractivity contribution >= 4 is 11.4 Å². The van der Waals surface area contributed by atoms with Crippen molar-refractivity contribution in [3.8, 4) is 0 Å². The Bertz CT molecular complexity index is 614. The number of unbranched alkanes of at least 4 members (excludes halogenated alkanes) is 3. The lowest BCUT2D eigenvalue weighted by molar-refractivity contribution is 0.283. The van der Waals surface area contributed by atoms with Crippen LogP contribution in [0.15, 0.2) is 6.08 Å². The van der Waals surface area contributed by atoms with E-state index in [0.29, 0.717) is 18.8 Å². The van der Waals surface area contributed by atoms with E-state index in [1.54, 1.807) is 0 Å². The molecule has 25 heavy (non-hydrogen) atoms. The summed E-state index contributed by atoms with van der Waals surface area (Å²) in [6.07, 6.45) is 11.0. The monoisotopic (exact) mass is 346 g/mol. The number of fused-ring (bicyclic) bond motifs is 1. The molecular formula is C20H31FN4. The van der Waals surface area contributed by atoms with Gasteiger partial charge in [0.15, 0.2) is 0 Å². The molecular weight excluding hydrogens is 315 g/mol. The number of hydrogen-bond donors (Lipinski definition) is 1. The second-order valence-corrected chi connectivity index (χ2v) is 7.39. The zero-order valence-electron chi connectivity index (χ0n) is 15.4. The highest BCUT2D eigenvalue weighted by Gasteiger charge is 2.22. The number of likely N-dealkylation sites (tertiary alicyclic amines) is 1. The second kappa shape index (κ2) is 8.75. The van der Waals surface area contributed by atoms with Crippen LogP contribution in [0, 0.1) is 0 Å². The maximum absolute atomic E-state index is 13.2. The Morgan fingerprint density at radius 3 is 2.84 bits per heavy atom. The van der Waals surface area contributed by atoms with Gasteiger partial charge in [0, 0.05) is 25.1 Å². The van der Waals surface area contributed by atoms with E-state index in [1.807, 2.05) is 0 Å². The van der Waals surface area contributed by atoms with E-state index in [1.165, 1.54) is 12.0 Å². The number of nitrogens with two attached hydrogens (primary N) is 1. The van der Waals surface area contributed by atoms with Crippen LogP contribution in [-0.4, -0.2) is 40.7 Å². The summed E-state index contributed by atoms with van der Waals surface area (Å²) in [5.74, 6) is 1.55. The second-order valence-electron chi connectivity index (χ2n) is 7.39. The molecule has 1 aromatic rings. The fourth-order valence-electron chi connectivity index (χ4n) is 3.82. The molecule has 0 unspecified atom stereocenters. The van der Waals surface area contributed by atoms with Crippen molar-refractivity contribution in [2.75, 3.05) is 25.4 Å². The third-order valence-corrected chi connectivity index (χ3v) is 5.33. The highest BCUT2D eigenvalue weighted by atomic mass is 19.1. The maximum Gasteiger partial charge on any atom is 0.131 e. The molecule has 138 valence electrons. The maximum atomic E-state index is 13.2. The van der Waals surface area contributed by atoms with E-state index in [-0.39, 0.29) is 0 Å². The van der Waals surface area contributed by atoms with Crippen molar-refractivity contribution in [1.82, 2.24) is 14.9 Å². The Morgan fingerprint density at radius 1 is 1.20 bits per heavy atom. The third kappa shape index (κ3) is 4.78. The third-order valence-electron chi connectivity index (χ3n) is 5.33. The molecule has 1 aliphatic heterocycles. The molecule has 0 amide bonds. The number of aromatic nitrogens is 2. The summed E-state index contributed by atoms with van der Waals surface area (Å²) in [5, 5.41) is 0. The van der Waals surface area contributed by atoms with E-state index >= 15 is 0 Å². The van der Waals surface area contributed by atoms with E-state index in [4.69, 9.17) is 10.7 Å². The molecule has 0 spiro atoms. The van der Waals surface area contributed by atoms with Crippen LogP contribution in [0.25, 0.3) is 5.57 Å². The number of hydrogen-bond acceptors (Lipinski definition) is 4. The van der Waals surface area contributed by atoms with Crippen LogP contribution in [0.1, 0.15) is 69.0 Å². The van der Waals surface area contributed by atoms with Crippen molar-refractivity contribution in [2.24, 2.45) is 0 Å². The quantitative estimate of drug-likeness (QED) is 0.688. The first-order valence-corrected chi connectivity index (χ1v) is 9.88. The van der Waals surface area contributed by atoms with Crippen LogP contribution < -0.4 is 5.73 Å². The first-order valence-electron chi connectivity index (χ1n) is 9.88. The van der Waals surface area contributed by atoms with Crippen molar-refractivity contribution in [2.45, 2.75) is 70.9 Å². The SMILES string of the molecule is CCCCc1nc(N)c2c(n1)C(CCCCCN1CC[C@H](F)C1)=CC2. The van der Waals surface area contributed by atoms with E-state index in [9.17, 15) is 4.39 Å². The highest BCUT2D eigenvalue weighted by Crippen LogP contribution is 2.32. The summed E-state index contributed by atoms with van der Waals surface area (Å²) in [5.41, 5.74) is 9.69. The summed E-state index contributed by atoms with van der Waals surface area (Å²) < 4.78 is 13.2. The molecule has 1 saturated heterocycles. The standard InChI is InChI=1S/C20H31FN4/c1-2-3-8-18-23-19-15(9-10-17(19)20(22)24-18)7-5-4-6-12-25-13-11-16(21)14-25/h9,16H,2-8,10-14H2,1H3,(H2,22,23,24)/t16-/m0/s1. The molecule has 5 heteroatoms. The minimum absolute atomic E-state index is 0.604. The van der Waals surface area contributed by atoms with Crippen LogP contribution >= 0.6 is 0 Å². The van der Waals surface area contributed by atoms with E-state index < -0.39 is 6.17 Å². The van der Waals surface area contributed by atoms with Gasteiger partial charge >= 0.3 is 0 Å². The van der Waals surface area contributed by atoms with Gasteiger partial charge in [-0.15, -0.1) is 0 Å². The molecule has 4 nitrogen and oxygen atoms in total. The van der Waals surface area contributed by atoms with Gasteiger partial charge in [0.25, 0.3) is 0 Å². The first kappa shape index (κ1) is 18.3. The highest BCUT2D eigenvalue weighted by molar-refractivity contribution is 5.73. The molecule has 1 aromatic heterocycles. The molecule has 1 aliphatic carbocycles. The van der Waals surface area contributed by atoms with Crippen molar-refractivity contribution in [3.05, 3.63) is 23.2 Å². The Morgan fingerprint density at radius 2 is 2.08 bits per heavy atom. The van der Waals surface area contributed by atoms with Gasteiger partial charge in [-0.25, -0.2) is 14.4 Å². The fourth-order valence-corrected chi connectivity index (χ4v) is 3.82. The van der Waals surface area contributed by atoms with Gasteiger partial charge in [-0.05, 0) is 50.6 Å². The summed E-state index contributed by atoms with van der Waals surface area (Å²) in [6, 6.07) is 0. The van der Waals surface area contributed by atoms with Crippen molar-refractivity contribution in [3.63, 3.8) is 0 Å². The lowest BCUT2D eigenvalue weighted by Gasteiger charge is -2.14. The predicted molar refractivity (Wildman–Crippen MR) is 101 cm³/mol. The Balaban J connectivity index is 1.46. The molecule has 2 aliphatic rings. The van der Waals surface area contributed by atoms with E-state index in [0.717, 1.165) is 75.1 Å². The number of halogens is 1. The van der Waals surface area contributed by atoms with E-state index in [2.05, 4.69) is 22.9 Å². The van der Waals surface area contributed by atoms with Gasteiger partial charge in [-0.3, -0.25) is 0 Å². The van der Waals surface area contributed by atoms with Gasteiger partial charge in [0.1, 0.15) is 17.8 Å². The normalized spacial score (nSPS) is 20.1. The van der Waals surface area contributed by atoms with Crippen LogP contribution in [-0.2, 0) is 12.8 Å². The molecule has 0 bridgehead atoms. The summed E-state index contributed by atoms with van der Waals surface area (Å²) in [4.78, 5) is 11.5. The number of nitrogens with zero attached hydrogens (tertiary/aromatic N) is 3. The van der Waals surface area contributed by atoms with Gasteiger partial charge < -0.3 is 10.6 Å². The number of anilines is 1. The molecule has 3 rings (SSSR count). The topological polar surface area (TPSA) is 55.0 Å². The lowest BCUT2D eigenvalue weighted by Crippen LogP contribution is -2.22. The number of rotatable bonds is 9. The van der Waals surface area contributed by atoms with Crippen LogP contribution in [0.5, 0.6) is 0 Å². The summed E-state index contributed by atoms with van der Waals surface area (Å²) in [6.45, 7) is 4.77. The summed E-state index contributed by atoms with van der Waals surface area (Å²) in [7, 11) is 0. The van der Waals surface area contributed by atoms with Gasteiger partial charge in [0.2, 0.25) is 0 Å². The van der Waals surface area contributed by atoms with Gasteiger partial charge in [-0.1, -0.05) is 25.8 Å². The number of nitrogen functional groups attached to an aromatic ring is 1. The number of alkyl halides is 1. The number of aryl methyl sites for hydroxylation is 1. The molecule has 0 radical (unpaired) electrons. The predicted octanol–water partition coefficient (Wildman–Crippen LogP) is 3.95. The molecule has 2 heterocycles. The largest absolute Gasteiger partial charge is 0.383 e. The zero-order valence-corrected chi connectivity index (χ0v) is 15.4. The number of allylic oxidation sites excluding steroid dienone is 2. The smallest absolute Gasteiger partial charge is 0.131 e. The molecule has 2 N–H and O–H groups in total. The lowest BCUT2D eigenvalue weighted by atomic mass is 10.1. The van der Waals surface area contributed by atoms with Gasteiger partial charge in [0.05, 0.1) is 5.69 Å². The average Bonchev–Trinajstić information content (AvgIpc) is 3.19. The van der Waals surface area contributed by atoms with Crippen LogP contribution in [0.2, 0.25) is 0 Å². The Hall–Kier alpha value is -1.49. The van der Waals surface area contributed by atoms with Crippen molar-refractivity contribution in [1.29, 1.82) is 0 Å². The molecule has 0 aromatic carbocycles. The van der Waals surface area contributed by atoms with Crippen LogP contribution in [0.3, 0.4) is 0 Å². The minimum atomic E-state index is -0.604. The molecule has 1 fully saturated rings. The summed E-state index contributed by atoms with van der Waals surface area (Å²) >= 11 is 0. The minimum Gasteiger partial charge on any atom is -0.383 e. The van der Waals surface area contributed by atoms with Crippen LogP contribution in [0.4, 0.5) is 10.2 Å². The Kier molecular flexibility index (Phi) is 6.40. The molecule has 0 saturated carbocycles. The fraction of sp³-hybridized carbons (Fsp3) is 0.700.